The number of nitrogens with two attached hydrogens (primary N) is 1. The van der Waals surface area contributed by atoms with Crippen LogP contribution in [0.25, 0.3) is 0 Å². The molecule has 0 saturated carbocycles. The van der Waals surface area contributed by atoms with E-state index in [4.69, 9.17) is 11.1 Å². The van der Waals surface area contributed by atoms with Gasteiger partial charge in [0.25, 0.3) is 0 Å². The van der Waals surface area contributed by atoms with Gasteiger partial charge in [-0.2, -0.15) is 11.8 Å². The van der Waals surface area contributed by atoms with Crippen molar-refractivity contribution in [2.75, 3.05) is 18.1 Å². The van der Waals surface area contributed by atoms with Crippen LogP contribution < -0.4 is 5.73 Å². The first kappa shape index (κ1) is 13.4. The Morgan fingerprint density at radius 1 is 1.50 bits per heavy atom. The van der Waals surface area contributed by atoms with Crippen LogP contribution in [0.1, 0.15) is 24.9 Å². The van der Waals surface area contributed by atoms with Crippen molar-refractivity contribution in [2.24, 2.45) is 5.73 Å². The van der Waals surface area contributed by atoms with Crippen LogP contribution in [-0.4, -0.2) is 34.8 Å². The summed E-state index contributed by atoms with van der Waals surface area (Å²) in [5, 5.41) is 7.60. The van der Waals surface area contributed by atoms with E-state index in [1.165, 1.54) is 17.1 Å². The molecule has 3 N–H and O–H groups in total. The summed E-state index contributed by atoms with van der Waals surface area (Å²) in [6.45, 7) is 3.35. The fourth-order valence-corrected chi connectivity index (χ4v) is 3.55. The van der Waals surface area contributed by atoms with E-state index in [0.29, 0.717) is 12.5 Å². The van der Waals surface area contributed by atoms with Gasteiger partial charge in [0.05, 0.1) is 5.84 Å². The molecule has 2 unspecified atom stereocenters. The smallest absolute Gasteiger partial charge is 0.0924 e. The molecule has 1 aromatic carbocycles. The first-order chi connectivity index (χ1) is 8.68. The second kappa shape index (κ2) is 6.25. The Hall–Kier alpha value is -1.00. The van der Waals surface area contributed by atoms with Gasteiger partial charge in [0.2, 0.25) is 0 Å². The van der Waals surface area contributed by atoms with Crippen LogP contribution >= 0.6 is 11.8 Å². The zero-order valence-electron chi connectivity index (χ0n) is 10.8. The Labute approximate surface area is 113 Å². The molecule has 98 valence electrons. The van der Waals surface area contributed by atoms with E-state index >= 15 is 0 Å². The van der Waals surface area contributed by atoms with Crippen LogP contribution in [0.15, 0.2) is 30.3 Å². The molecule has 2 atom stereocenters. The standard InChI is InChI=1S/C14H21N3S/c1-11-10-18-8-7-17(11)13(9-14(15)16)12-5-3-2-4-6-12/h2-6,11,13H,7-10H2,1H3,(H3,15,16). The van der Waals surface area contributed by atoms with E-state index in [1.807, 2.05) is 17.8 Å². The lowest BCUT2D eigenvalue weighted by Crippen LogP contribution is -2.43. The summed E-state index contributed by atoms with van der Waals surface area (Å²) in [4.78, 5) is 2.49. The lowest BCUT2D eigenvalue weighted by atomic mass is 10.00. The molecule has 1 saturated heterocycles. The van der Waals surface area contributed by atoms with Crippen molar-refractivity contribution in [3.8, 4) is 0 Å². The van der Waals surface area contributed by atoms with Crippen molar-refractivity contribution in [1.29, 1.82) is 5.41 Å². The molecular formula is C14H21N3S. The van der Waals surface area contributed by atoms with Gasteiger partial charge in [-0.15, -0.1) is 0 Å². The SMILES string of the molecule is CC1CSCCN1C(CC(=N)N)c1ccccc1. The van der Waals surface area contributed by atoms with Gasteiger partial charge >= 0.3 is 0 Å². The van der Waals surface area contributed by atoms with Gasteiger partial charge in [-0.25, -0.2) is 0 Å². The minimum atomic E-state index is 0.250. The Kier molecular flexibility index (Phi) is 4.66. The predicted molar refractivity (Wildman–Crippen MR) is 79.2 cm³/mol. The lowest BCUT2D eigenvalue weighted by molar-refractivity contribution is 0.165. The molecule has 0 spiro atoms. The van der Waals surface area contributed by atoms with Crippen LogP contribution in [0.2, 0.25) is 0 Å². The molecule has 1 heterocycles. The average molecular weight is 263 g/mol. The van der Waals surface area contributed by atoms with Crippen molar-refractivity contribution in [3.05, 3.63) is 35.9 Å². The minimum absolute atomic E-state index is 0.250. The van der Waals surface area contributed by atoms with Crippen molar-refractivity contribution in [1.82, 2.24) is 4.90 Å². The summed E-state index contributed by atoms with van der Waals surface area (Å²) in [6, 6.07) is 11.2. The van der Waals surface area contributed by atoms with E-state index < -0.39 is 0 Å². The first-order valence-corrected chi connectivity index (χ1v) is 7.55. The topological polar surface area (TPSA) is 53.1 Å². The summed E-state index contributed by atoms with van der Waals surface area (Å²) >= 11 is 2.01. The summed E-state index contributed by atoms with van der Waals surface area (Å²) in [5.41, 5.74) is 6.90. The van der Waals surface area contributed by atoms with Crippen molar-refractivity contribution in [2.45, 2.75) is 25.4 Å². The largest absolute Gasteiger partial charge is 0.388 e. The van der Waals surface area contributed by atoms with Crippen molar-refractivity contribution in [3.63, 3.8) is 0 Å². The van der Waals surface area contributed by atoms with Gasteiger partial charge in [-0.3, -0.25) is 10.3 Å². The second-order valence-corrected chi connectivity index (χ2v) is 5.97. The van der Waals surface area contributed by atoms with Gasteiger partial charge in [-0.05, 0) is 12.5 Å². The highest BCUT2D eigenvalue weighted by Crippen LogP contribution is 2.30. The maximum atomic E-state index is 7.60. The zero-order valence-corrected chi connectivity index (χ0v) is 11.6. The summed E-state index contributed by atoms with van der Waals surface area (Å²) in [7, 11) is 0. The monoisotopic (exact) mass is 263 g/mol. The van der Waals surface area contributed by atoms with Crippen LogP contribution in [-0.2, 0) is 0 Å². The summed E-state index contributed by atoms with van der Waals surface area (Å²) in [6.07, 6.45) is 0.624. The van der Waals surface area contributed by atoms with Gasteiger partial charge in [-0.1, -0.05) is 30.3 Å². The summed E-state index contributed by atoms with van der Waals surface area (Å²) in [5.74, 6) is 2.61. The molecule has 1 fully saturated rings. The molecule has 1 aliphatic rings. The zero-order chi connectivity index (χ0) is 13.0. The molecule has 2 rings (SSSR count). The van der Waals surface area contributed by atoms with Crippen LogP contribution in [0, 0.1) is 5.41 Å². The first-order valence-electron chi connectivity index (χ1n) is 6.40. The van der Waals surface area contributed by atoms with E-state index in [2.05, 4.69) is 36.1 Å². The van der Waals surface area contributed by atoms with Gasteiger partial charge in [0.1, 0.15) is 0 Å². The predicted octanol–water partition coefficient (Wildman–Crippen LogP) is 2.49. The molecule has 0 aliphatic carbocycles. The minimum Gasteiger partial charge on any atom is -0.388 e. The molecule has 0 bridgehead atoms. The Morgan fingerprint density at radius 3 is 2.83 bits per heavy atom. The fraction of sp³-hybridized carbons (Fsp3) is 0.500. The van der Waals surface area contributed by atoms with Crippen LogP contribution in [0.5, 0.6) is 0 Å². The average Bonchev–Trinajstić information content (AvgIpc) is 2.38. The molecule has 1 aliphatic heterocycles. The Bertz CT molecular complexity index is 393. The van der Waals surface area contributed by atoms with E-state index in [-0.39, 0.29) is 11.9 Å². The number of amidine groups is 1. The summed E-state index contributed by atoms with van der Waals surface area (Å²) < 4.78 is 0. The Morgan fingerprint density at radius 2 is 2.22 bits per heavy atom. The number of benzene rings is 1. The highest BCUT2D eigenvalue weighted by molar-refractivity contribution is 7.99. The highest BCUT2D eigenvalue weighted by Gasteiger charge is 2.27. The highest BCUT2D eigenvalue weighted by atomic mass is 32.2. The lowest BCUT2D eigenvalue weighted by Gasteiger charge is -2.39. The maximum Gasteiger partial charge on any atom is 0.0924 e. The van der Waals surface area contributed by atoms with Crippen molar-refractivity contribution >= 4 is 17.6 Å². The quantitative estimate of drug-likeness (QED) is 0.648. The number of hydrogen-bond donors (Lipinski definition) is 2. The van der Waals surface area contributed by atoms with Gasteiger partial charge in [0.15, 0.2) is 0 Å². The number of thioether (sulfide) groups is 1. The molecule has 0 aromatic heterocycles. The fourth-order valence-electron chi connectivity index (χ4n) is 2.51. The van der Waals surface area contributed by atoms with Gasteiger partial charge < -0.3 is 5.73 Å². The second-order valence-electron chi connectivity index (χ2n) is 4.82. The normalized spacial score (nSPS) is 22.6. The van der Waals surface area contributed by atoms with E-state index in [9.17, 15) is 0 Å². The number of rotatable bonds is 4. The molecule has 18 heavy (non-hydrogen) atoms. The van der Waals surface area contributed by atoms with Crippen LogP contribution in [0.4, 0.5) is 0 Å². The molecule has 4 heteroatoms. The Balaban J connectivity index is 2.21. The number of nitrogens with one attached hydrogen (secondary N) is 1. The molecule has 1 aromatic rings. The third-order valence-electron chi connectivity index (χ3n) is 3.42. The molecular weight excluding hydrogens is 242 g/mol. The number of nitrogens with zero attached hydrogens (tertiary/aromatic N) is 1. The number of hydrogen-bond acceptors (Lipinski definition) is 3. The van der Waals surface area contributed by atoms with Gasteiger partial charge in [0, 0.05) is 36.6 Å². The maximum absolute atomic E-state index is 7.60. The third kappa shape index (κ3) is 3.27. The third-order valence-corrected chi connectivity index (χ3v) is 4.61. The molecule has 3 nitrogen and oxygen atoms in total. The van der Waals surface area contributed by atoms with Crippen molar-refractivity contribution < 1.29 is 0 Å². The van der Waals surface area contributed by atoms with E-state index in [1.54, 1.807) is 0 Å². The molecule has 0 radical (unpaired) electrons. The molecule has 0 amide bonds. The van der Waals surface area contributed by atoms with E-state index in [0.717, 1.165) is 6.54 Å². The van der Waals surface area contributed by atoms with Crippen LogP contribution in [0.3, 0.4) is 0 Å².